The van der Waals surface area contributed by atoms with E-state index in [4.69, 9.17) is 0 Å². The van der Waals surface area contributed by atoms with Gasteiger partial charge in [0.1, 0.15) is 0 Å². The highest BCUT2D eigenvalue weighted by molar-refractivity contribution is 9.12. The van der Waals surface area contributed by atoms with Gasteiger partial charge in [-0.25, -0.2) is 0 Å². The van der Waals surface area contributed by atoms with Gasteiger partial charge >= 0.3 is 0 Å². The Hall–Kier alpha value is -1.35. The van der Waals surface area contributed by atoms with Crippen molar-refractivity contribution in [3.63, 3.8) is 0 Å². The summed E-state index contributed by atoms with van der Waals surface area (Å²) in [5, 5.41) is 3.12. The predicted molar refractivity (Wildman–Crippen MR) is 65.5 cm³/mol. The van der Waals surface area contributed by atoms with Gasteiger partial charge in [0.2, 0.25) is 0 Å². The van der Waals surface area contributed by atoms with Crippen LogP contribution >= 0.6 is 15.9 Å². The summed E-state index contributed by atoms with van der Waals surface area (Å²) in [6, 6.07) is 10.1. The number of allylic oxidation sites excluding steroid dienone is 3. The van der Waals surface area contributed by atoms with Crippen molar-refractivity contribution < 1.29 is 4.79 Å². The molecule has 1 aromatic carbocycles. The van der Waals surface area contributed by atoms with E-state index in [1.54, 1.807) is 18.4 Å². The van der Waals surface area contributed by atoms with Crippen molar-refractivity contribution in [2.24, 2.45) is 0 Å². The summed E-state index contributed by atoms with van der Waals surface area (Å²) >= 11 is 3.09. The lowest BCUT2D eigenvalue weighted by atomic mass is 10.2. The minimum atomic E-state index is 0.528. The van der Waals surface area contributed by atoms with E-state index in [1.807, 2.05) is 18.2 Å². The van der Waals surface area contributed by atoms with Crippen LogP contribution in [-0.4, -0.2) is 6.29 Å². The second-order valence-corrected chi connectivity index (χ2v) is 3.81. The van der Waals surface area contributed by atoms with E-state index in [1.165, 1.54) is 5.56 Å². The fourth-order valence-electron chi connectivity index (χ4n) is 1.02. The minimum Gasteiger partial charge on any atom is -0.387 e. The van der Waals surface area contributed by atoms with Crippen molar-refractivity contribution in [2.75, 3.05) is 0 Å². The predicted octanol–water partition coefficient (Wildman–Crippen LogP) is 2.77. The molecule has 0 aliphatic heterocycles. The highest BCUT2D eigenvalue weighted by atomic mass is 79.9. The Morgan fingerprint density at radius 3 is 2.73 bits per heavy atom. The van der Waals surface area contributed by atoms with Gasteiger partial charge in [0.25, 0.3) is 0 Å². The topological polar surface area (TPSA) is 29.1 Å². The van der Waals surface area contributed by atoms with Crippen LogP contribution in [0.2, 0.25) is 0 Å². The molecule has 0 saturated carbocycles. The Morgan fingerprint density at radius 1 is 1.33 bits per heavy atom. The summed E-state index contributed by atoms with van der Waals surface area (Å²) in [6.45, 7) is 0.782. The van der Waals surface area contributed by atoms with Crippen molar-refractivity contribution in [2.45, 2.75) is 6.54 Å². The normalized spacial score (nSPS) is 11.7. The Kier molecular flexibility index (Phi) is 5.48. The van der Waals surface area contributed by atoms with E-state index in [-0.39, 0.29) is 0 Å². The van der Waals surface area contributed by atoms with E-state index >= 15 is 0 Å². The number of hydrogen-bond donors (Lipinski definition) is 1. The maximum atomic E-state index is 10.2. The van der Waals surface area contributed by atoms with Crippen LogP contribution in [0.3, 0.4) is 0 Å². The average Bonchev–Trinajstić information content (AvgIpc) is 2.29. The van der Waals surface area contributed by atoms with E-state index in [9.17, 15) is 4.79 Å². The Balaban J connectivity index is 2.31. The van der Waals surface area contributed by atoms with Gasteiger partial charge in [0.05, 0.1) is 4.48 Å². The van der Waals surface area contributed by atoms with Gasteiger partial charge in [-0.05, 0) is 39.8 Å². The standard InChI is InChI=1S/C12H12BrNO/c13-12(10-15)7-4-8-14-9-11-5-2-1-3-6-11/h1-8,10,14H,9H2/b8-4+,12-7-. The molecule has 3 heteroatoms. The number of halogens is 1. The van der Waals surface area contributed by atoms with Crippen molar-refractivity contribution in [1.29, 1.82) is 0 Å². The summed E-state index contributed by atoms with van der Waals surface area (Å²) in [7, 11) is 0. The number of nitrogens with one attached hydrogen (secondary N) is 1. The zero-order chi connectivity index (χ0) is 10.9. The van der Waals surface area contributed by atoms with Gasteiger partial charge in [-0.1, -0.05) is 30.3 Å². The van der Waals surface area contributed by atoms with E-state index < -0.39 is 0 Å². The van der Waals surface area contributed by atoms with Crippen molar-refractivity contribution >= 4 is 22.2 Å². The molecule has 0 saturated heterocycles. The fourth-order valence-corrected chi connectivity index (χ4v) is 1.17. The van der Waals surface area contributed by atoms with Crippen LogP contribution in [-0.2, 0) is 11.3 Å². The fraction of sp³-hybridized carbons (Fsp3) is 0.0833. The number of benzene rings is 1. The van der Waals surface area contributed by atoms with Gasteiger partial charge in [-0.3, -0.25) is 4.79 Å². The largest absolute Gasteiger partial charge is 0.387 e. The molecule has 1 N–H and O–H groups in total. The molecule has 2 nitrogen and oxygen atoms in total. The molecule has 0 aromatic heterocycles. The number of rotatable bonds is 5. The van der Waals surface area contributed by atoms with Gasteiger partial charge < -0.3 is 5.32 Å². The molecule has 0 spiro atoms. The quantitative estimate of drug-likeness (QED) is 0.504. The molecule has 15 heavy (non-hydrogen) atoms. The molecule has 0 atom stereocenters. The van der Waals surface area contributed by atoms with Crippen LogP contribution in [0.25, 0.3) is 0 Å². The summed E-state index contributed by atoms with van der Waals surface area (Å²) in [5.41, 5.74) is 1.22. The molecular formula is C12H12BrNO. The summed E-state index contributed by atoms with van der Waals surface area (Å²) < 4.78 is 0.528. The second kappa shape index (κ2) is 7.01. The number of carbonyl (C=O) groups is 1. The molecule has 78 valence electrons. The molecule has 0 fully saturated rings. The molecule has 0 heterocycles. The Morgan fingerprint density at radius 2 is 2.07 bits per heavy atom. The summed E-state index contributed by atoms with van der Waals surface area (Å²) in [5.74, 6) is 0. The zero-order valence-corrected chi connectivity index (χ0v) is 9.78. The van der Waals surface area contributed by atoms with Gasteiger partial charge in [-0.2, -0.15) is 0 Å². The number of aldehydes is 1. The summed E-state index contributed by atoms with van der Waals surface area (Å²) in [6.07, 6.45) is 6.02. The van der Waals surface area contributed by atoms with E-state index in [0.29, 0.717) is 4.48 Å². The smallest absolute Gasteiger partial charge is 0.157 e. The lowest BCUT2D eigenvalue weighted by molar-refractivity contribution is -0.104. The monoisotopic (exact) mass is 265 g/mol. The van der Waals surface area contributed by atoms with E-state index in [2.05, 4.69) is 33.4 Å². The molecule has 1 aromatic rings. The summed E-state index contributed by atoms with van der Waals surface area (Å²) in [4.78, 5) is 10.2. The molecule has 0 amide bonds. The maximum absolute atomic E-state index is 10.2. The Bertz CT molecular complexity index is 357. The molecule has 0 bridgehead atoms. The first kappa shape index (κ1) is 11.7. The SMILES string of the molecule is O=C/C(Br)=C/C=C/NCc1ccccc1. The van der Waals surface area contributed by atoms with Gasteiger partial charge in [-0.15, -0.1) is 0 Å². The number of carbonyl (C=O) groups excluding carboxylic acids is 1. The van der Waals surface area contributed by atoms with Crippen molar-refractivity contribution in [3.05, 3.63) is 58.7 Å². The molecule has 0 aliphatic rings. The third-order valence-electron chi connectivity index (χ3n) is 1.73. The van der Waals surface area contributed by atoms with Crippen LogP contribution in [0, 0.1) is 0 Å². The highest BCUT2D eigenvalue weighted by Crippen LogP contribution is 1.99. The lowest BCUT2D eigenvalue weighted by Gasteiger charge is -1.99. The number of hydrogen-bond acceptors (Lipinski definition) is 2. The van der Waals surface area contributed by atoms with Crippen LogP contribution < -0.4 is 5.32 Å². The van der Waals surface area contributed by atoms with Crippen LogP contribution in [0.15, 0.2) is 53.2 Å². The van der Waals surface area contributed by atoms with Crippen molar-refractivity contribution in [3.8, 4) is 0 Å². The van der Waals surface area contributed by atoms with E-state index in [0.717, 1.165) is 12.8 Å². The first-order valence-electron chi connectivity index (χ1n) is 4.58. The van der Waals surface area contributed by atoms with Crippen LogP contribution in [0.5, 0.6) is 0 Å². The molecule has 0 unspecified atom stereocenters. The van der Waals surface area contributed by atoms with Gasteiger partial charge in [0, 0.05) is 6.54 Å². The minimum absolute atomic E-state index is 0.528. The lowest BCUT2D eigenvalue weighted by Crippen LogP contribution is -2.03. The average molecular weight is 266 g/mol. The van der Waals surface area contributed by atoms with Crippen LogP contribution in [0.4, 0.5) is 0 Å². The molecule has 0 radical (unpaired) electrons. The zero-order valence-electron chi connectivity index (χ0n) is 8.19. The first-order chi connectivity index (χ1) is 7.33. The third-order valence-corrected chi connectivity index (χ3v) is 2.18. The molecule has 0 aliphatic carbocycles. The van der Waals surface area contributed by atoms with Crippen LogP contribution in [0.1, 0.15) is 5.56 Å². The molecule has 1 rings (SSSR count). The van der Waals surface area contributed by atoms with Gasteiger partial charge in [0.15, 0.2) is 6.29 Å². The maximum Gasteiger partial charge on any atom is 0.157 e. The highest BCUT2D eigenvalue weighted by Gasteiger charge is 1.86. The van der Waals surface area contributed by atoms with Crippen molar-refractivity contribution in [1.82, 2.24) is 5.32 Å². The third kappa shape index (κ3) is 5.18. The second-order valence-electron chi connectivity index (χ2n) is 2.90. The molecular weight excluding hydrogens is 254 g/mol. The first-order valence-corrected chi connectivity index (χ1v) is 5.37. The Labute approximate surface area is 97.8 Å².